The summed E-state index contributed by atoms with van der Waals surface area (Å²) in [5.74, 6) is 1.56. The zero-order valence-electron chi connectivity index (χ0n) is 11.2. The third-order valence-electron chi connectivity index (χ3n) is 3.20. The van der Waals surface area contributed by atoms with Crippen LogP contribution in [0.5, 0.6) is 0 Å². The highest BCUT2D eigenvalue weighted by atomic mass is 32.2. The molecular formula is C11H19N5O2S. The van der Waals surface area contributed by atoms with E-state index in [1.807, 2.05) is 11.9 Å². The van der Waals surface area contributed by atoms with Crippen LogP contribution >= 0.6 is 0 Å². The Hall–Kier alpha value is -1.44. The van der Waals surface area contributed by atoms with Crippen molar-refractivity contribution in [3.8, 4) is 0 Å². The molecular weight excluding hydrogens is 266 g/mol. The molecule has 0 bridgehead atoms. The highest BCUT2D eigenvalue weighted by molar-refractivity contribution is 7.91. The van der Waals surface area contributed by atoms with Gasteiger partial charge in [-0.25, -0.2) is 8.42 Å². The smallest absolute Gasteiger partial charge is 0.244 e. The minimum absolute atomic E-state index is 0.0271. The third-order valence-corrected chi connectivity index (χ3v) is 4.95. The van der Waals surface area contributed by atoms with Gasteiger partial charge < -0.3 is 10.2 Å². The molecule has 0 amide bonds. The largest absolute Gasteiger partial charge is 0.354 e. The molecule has 1 saturated heterocycles. The van der Waals surface area contributed by atoms with Gasteiger partial charge in [0.15, 0.2) is 15.7 Å². The predicted molar refractivity (Wildman–Crippen MR) is 74.1 cm³/mol. The second-order valence-electron chi connectivity index (χ2n) is 4.73. The van der Waals surface area contributed by atoms with Crippen molar-refractivity contribution in [3.05, 3.63) is 6.20 Å². The average molecular weight is 285 g/mol. The second kappa shape index (κ2) is 5.68. The number of anilines is 2. The first kappa shape index (κ1) is 14.0. The molecule has 0 aliphatic carbocycles. The van der Waals surface area contributed by atoms with Crippen molar-refractivity contribution in [1.82, 2.24) is 15.2 Å². The van der Waals surface area contributed by atoms with Crippen LogP contribution in [0.25, 0.3) is 0 Å². The summed E-state index contributed by atoms with van der Waals surface area (Å²) in [6, 6.07) is -0.0271. The molecule has 2 rings (SSSR count). The van der Waals surface area contributed by atoms with E-state index in [1.54, 1.807) is 6.20 Å². The van der Waals surface area contributed by atoms with Crippen LogP contribution < -0.4 is 10.2 Å². The van der Waals surface area contributed by atoms with E-state index in [1.165, 1.54) is 0 Å². The summed E-state index contributed by atoms with van der Waals surface area (Å²) in [6.07, 6.45) is 3.17. The molecule has 8 heteroatoms. The third kappa shape index (κ3) is 3.52. The lowest BCUT2D eigenvalue weighted by molar-refractivity contribution is 0.600. The second-order valence-corrected chi connectivity index (χ2v) is 6.96. The minimum atomic E-state index is -2.89. The Morgan fingerprint density at radius 3 is 2.95 bits per heavy atom. The van der Waals surface area contributed by atoms with E-state index in [-0.39, 0.29) is 17.5 Å². The number of rotatable bonds is 5. The van der Waals surface area contributed by atoms with E-state index in [9.17, 15) is 8.42 Å². The maximum absolute atomic E-state index is 11.5. The van der Waals surface area contributed by atoms with Gasteiger partial charge in [-0.15, -0.1) is 5.10 Å². The quantitative estimate of drug-likeness (QED) is 0.833. The zero-order chi connectivity index (χ0) is 13.9. The minimum Gasteiger partial charge on any atom is -0.354 e. The van der Waals surface area contributed by atoms with Gasteiger partial charge in [0.25, 0.3) is 0 Å². The molecule has 1 atom stereocenters. The lowest BCUT2D eigenvalue weighted by atomic mass is 10.2. The summed E-state index contributed by atoms with van der Waals surface area (Å²) < 4.78 is 23.0. The van der Waals surface area contributed by atoms with E-state index in [2.05, 4.69) is 27.4 Å². The standard InChI is InChI=1S/C11H19N5O2S/c1-3-5-12-11-14-10(7-13-15-11)16(2)9-4-6-19(17,18)8-9/h7,9H,3-6,8H2,1-2H3,(H,12,14,15). The van der Waals surface area contributed by atoms with E-state index >= 15 is 0 Å². The summed E-state index contributed by atoms with van der Waals surface area (Å²) in [4.78, 5) is 6.22. The topological polar surface area (TPSA) is 88.1 Å². The number of hydrogen-bond donors (Lipinski definition) is 1. The fourth-order valence-electron chi connectivity index (χ4n) is 2.04. The summed E-state index contributed by atoms with van der Waals surface area (Å²) in [7, 11) is -1.05. The van der Waals surface area contributed by atoms with Crippen LogP contribution in [0.3, 0.4) is 0 Å². The van der Waals surface area contributed by atoms with Gasteiger partial charge in [0.05, 0.1) is 17.7 Å². The lowest BCUT2D eigenvalue weighted by Gasteiger charge is -2.24. The molecule has 0 spiro atoms. The summed E-state index contributed by atoms with van der Waals surface area (Å²) >= 11 is 0. The van der Waals surface area contributed by atoms with Crippen LogP contribution in [0.15, 0.2) is 6.20 Å². The number of aromatic nitrogens is 3. The van der Waals surface area contributed by atoms with Gasteiger partial charge in [0.2, 0.25) is 5.95 Å². The first-order valence-corrected chi connectivity index (χ1v) is 8.21. The molecule has 1 aromatic heterocycles. The normalized spacial score (nSPS) is 21.3. The molecule has 1 N–H and O–H groups in total. The van der Waals surface area contributed by atoms with Crippen LogP contribution in [-0.4, -0.2) is 54.7 Å². The SMILES string of the molecule is CCCNc1nncc(N(C)C2CCS(=O)(=O)C2)n1. The van der Waals surface area contributed by atoms with Crippen molar-refractivity contribution in [3.63, 3.8) is 0 Å². The van der Waals surface area contributed by atoms with Crippen molar-refractivity contribution in [2.75, 3.05) is 35.3 Å². The molecule has 1 unspecified atom stereocenters. The maximum Gasteiger partial charge on any atom is 0.244 e. The van der Waals surface area contributed by atoms with Gasteiger partial charge >= 0.3 is 0 Å². The molecule has 0 saturated carbocycles. The van der Waals surface area contributed by atoms with Gasteiger partial charge in [0, 0.05) is 19.6 Å². The van der Waals surface area contributed by atoms with Crippen LogP contribution in [0.1, 0.15) is 19.8 Å². The van der Waals surface area contributed by atoms with Crippen LogP contribution in [-0.2, 0) is 9.84 Å². The Morgan fingerprint density at radius 1 is 1.53 bits per heavy atom. The monoisotopic (exact) mass is 285 g/mol. The molecule has 2 heterocycles. The molecule has 0 aromatic carbocycles. The van der Waals surface area contributed by atoms with Crippen molar-refractivity contribution in [2.24, 2.45) is 0 Å². The van der Waals surface area contributed by atoms with Gasteiger partial charge in [-0.1, -0.05) is 6.92 Å². The van der Waals surface area contributed by atoms with Crippen molar-refractivity contribution in [2.45, 2.75) is 25.8 Å². The summed E-state index contributed by atoms with van der Waals surface area (Å²) in [6.45, 7) is 2.84. The molecule has 1 aliphatic rings. The van der Waals surface area contributed by atoms with Crippen molar-refractivity contribution >= 4 is 21.6 Å². The van der Waals surface area contributed by atoms with Crippen LogP contribution in [0, 0.1) is 0 Å². The van der Waals surface area contributed by atoms with Gasteiger partial charge in [-0.2, -0.15) is 10.1 Å². The fraction of sp³-hybridized carbons (Fsp3) is 0.727. The number of sulfone groups is 1. The first-order chi connectivity index (χ1) is 9.02. The molecule has 106 valence electrons. The Kier molecular flexibility index (Phi) is 4.18. The molecule has 0 radical (unpaired) electrons. The zero-order valence-corrected chi connectivity index (χ0v) is 12.0. The maximum atomic E-state index is 11.5. The highest BCUT2D eigenvalue weighted by Gasteiger charge is 2.31. The van der Waals surface area contributed by atoms with Gasteiger partial charge in [-0.05, 0) is 12.8 Å². The number of nitrogens with one attached hydrogen (secondary N) is 1. The average Bonchev–Trinajstić information content (AvgIpc) is 2.76. The van der Waals surface area contributed by atoms with Crippen LogP contribution in [0.2, 0.25) is 0 Å². The van der Waals surface area contributed by atoms with E-state index in [0.717, 1.165) is 13.0 Å². The Balaban J connectivity index is 2.08. The fourth-order valence-corrected chi connectivity index (χ4v) is 3.82. The molecule has 1 fully saturated rings. The van der Waals surface area contributed by atoms with E-state index in [4.69, 9.17) is 0 Å². The molecule has 1 aliphatic heterocycles. The highest BCUT2D eigenvalue weighted by Crippen LogP contribution is 2.21. The molecule has 7 nitrogen and oxygen atoms in total. The van der Waals surface area contributed by atoms with E-state index in [0.29, 0.717) is 18.2 Å². The Labute approximate surface area is 113 Å². The Bertz CT molecular complexity index is 534. The van der Waals surface area contributed by atoms with Crippen molar-refractivity contribution in [1.29, 1.82) is 0 Å². The van der Waals surface area contributed by atoms with E-state index < -0.39 is 9.84 Å². The summed E-state index contributed by atoms with van der Waals surface area (Å²) in [5.41, 5.74) is 0. The van der Waals surface area contributed by atoms with Crippen molar-refractivity contribution < 1.29 is 8.42 Å². The number of hydrogen-bond acceptors (Lipinski definition) is 7. The van der Waals surface area contributed by atoms with Gasteiger partial charge in [0.1, 0.15) is 0 Å². The van der Waals surface area contributed by atoms with Gasteiger partial charge in [-0.3, -0.25) is 0 Å². The molecule has 19 heavy (non-hydrogen) atoms. The van der Waals surface area contributed by atoms with Crippen LogP contribution in [0.4, 0.5) is 11.8 Å². The molecule has 1 aromatic rings. The summed E-state index contributed by atoms with van der Waals surface area (Å²) in [5, 5.41) is 10.9. The Morgan fingerprint density at radius 2 is 2.32 bits per heavy atom. The predicted octanol–water partition coefficient (Wildman–Crippen LogP) is 0.317. The number of nitrogens with zero attached hydrogens (tertiary/aromatic N) is 4. The first-order valence-electron chi connectivity index (χ1n) is 6.38. The lowest BCUT2D eigenvalue weighted by Crippen LogP contribution is -2.33.